The van der Waals surface area contributed by atoms with Gasteiger partial charge in [0, 0.05) is 44.6 Å². The zero-order chi connectivity index (χ0) is 30.7. The zero-order valence-electron chi connectivity index (χ0n) is 25.1. The van der Waals surface area contributed by atoms with Crippen molar-refractivity contribution in [2.75, 3.05) is 51.8 Å². The third-order valence-electron chi connectivity index (χ3n) is 8.38. The second kappa shape index (κ2) is 12.9. The van der Waals surface area contributed by atoms with Crippen LogP contribution in [0.25, 0.3) is 11.0 Å². The number of amides is 1. The molecule has 1 N–H and O–H groups in total. The minimum Gasteiger partial charge on any atom is -0.481 e. The van der Waals surface area contributed by atoms with Crippen LogP contribution in [-0.2, 0) is 17.1 Å². The van der Waals surface area contributed by atoms with Gasteiger partial charge in [0.15, 0.2) is 5.65 Å². The molecule has 1 aromatic carbocycles. The quantitative estimate of drug-likeness (QED) is 0.315. The standard InChI is InChI=1S/C31H39F3N6O3/c1-19(23-7-5-8-25(26(23)32)31(3,33)34)35-27-24-18-22(17-21-9-13-40(14-10-21)20(2)41)29(42-4)36-28(24)38-30(37-27)43-16-15-39-11-6-12-39/h5,7-8,18-19,21H,6,9-17H2,1-4H3,(H,35,36,37,38)/t19-/m1/s1. The van der Waals surface area contributed by atoms with Crippen molar-refractivity contribution in [3.63, 3.8) is 0 Å². The van der Waals surface area contributed by atoms with Crippen molar-refractivity contribution in [2.45, 2.75) is 58.4 Å². The van der Waals surface area contributed by atoms with Crippen LogP contribution in [0.4, 0.5) is 19.0 Å². The van der Waals surface area contributed by atoms with E-state index < -0.39 is 23.3 Å². The maximum Gasteiger partial charge on any atom is 0.320 e. The first-order chi connectivity index (χ1) is 20.5. The van der Waals surface area contributed by atoms with Gasteiger partial charge in [0.1, 0.15) is 18.2 Å². The van der Waals surface area contributed by atoms with Crippen molar-refractivity contribution < 1.29 is 27.4 Å². The van der Waals surface area contributed by atoms with Crippen molar-refractivity contribution in [3.8, 4) is 11.9 Å². The first kappa shape index (κ1) is 30.8. The number of pyridine rings is 1. The Morgan fingerprint density at radius 3 is 2.53 bits per heavy atom. The number of ether oxygens (including phenoxy) is 2. The number of alkyl halides is 2. The number of hydrogen-bond acceptors (Lipinski definition) is 8. The molecular formula is C31H39F3N6O3. The van der Waals surface area contributed by atoms with E-state index in [0.717, 1.165) is 44.1 Å². The van der Waals surface area contributed by atoms with Gasteiger partial charge in [0.25, 0.3) is 5.92 Å². The highest BCUT2D eigenvalue weighted by molar-refractivity contribution is 5.88. The number of likely N-dealkylation sites (tertiary alicyclic amines) is 2. The fraction of sp³-hybridized carbons (Fsp3) is 0.548. The number of fused-ring (bicyclic) bond motifs is 1. The highest BCUT2D eigenvalue weighted by Crippen LogP contribution is 2.35. The lowest BCUT2D eigenvalue weighted by Gasteiger charge is -2.31. The third-order valence-corrected chi connectivity index (χ3v) is 8.38. The first-order valence-corrected chi connectivity index (χ1v) is 14.8. The Morgan fingerprint density at radius 2 is 1.91 bits per heavy atom. The van der Waals surface area contributed by atoms with Gasteiger partial charge in [-0.1, -0.05) is 18.2 Å². The Balaban J connectivity index is 1.47. The molecule has 0 unspecified atom stereocenters. The van der Waals surface area contributed by atoms with Crippen LogP contribution in [0, 0.1) is 11.7 Å². The van der Waals surface area contributed by atoms with Gasteiger partial charge in [0.2, 0.25) is 11.8 Å². The Morgan fingerprint density at radius 1 is 1.16 bits per heavy atom. The second-order valence-electron chi connectivity index (χ2n) is 11.5. The molecule has 43 heavy (non-hydrogen) atoms. The lowest BCUT2D eigenvalue weighted by molar-refractivity contribution is -0.130. The number of carbonyl (C=O) groups excluding carboxylic acids is 1. The highest BCUT2D eigenvalue weighted by atomic mass is 19.3. The lowest BCUT2D eigenvalue weighted by Crippen LogP contribution is -2.39. The Labute approximate surface area is 249 Å². The topological polar surface area (TPSA) is 92.7 Å². The molecule has 5 rings (SSSR count). The largest absolute Gasteiger partial charge is 0.481 e. The van der Waals surface area contributed by atoms with Crippen molar-refractivity contribution in [3.05, 3.63) is 46.8 Å². The van der Waals surface area contributed by atoms with E-state index in [1.807, 2.05) is 11.0 Å². The first-order valence-electron chi connectivity index (χ1n) is 14.8. The van der Waals surface area contributed by atoms with Crippen molar-refractivity contribution >= 4 is 22.8 Å². The predicted octanol–water partition coefficient (Wildman–Crippen LogP) is 5.34. The Kier molecular flexibility index (Phi) is 9.24. The monoisotopic (exact) mass is 600 g/mol. The molecule has 2 aliphatic rings. The summed E-state index contributed by atoms with van der Waals surface area (Å²) in [5.41, 5.74) is 0.626. The predicted molar refractivity (Wildman–Crippen MR) is 157 cm³/mol. The number of anilines is 1. The van der Waals surface area contributed by atoms with Crippen LogP contribution < -0.4 is 14.8 Å². The molecule has 0 radical (unpaired) electrons. The van der Waals surface area contributed by atoms with Crippen LogP contribution in [0.15, 0.2) is 24.3 Å². The van der Waals surface area contributed by atoms with E-state index >= 15 is 4.39 Å². The van der Waals surface area contributed by atoms with E-state index in [1.54, 1.807) is 21.0 Å². The summed E-state index contributed by atoms with van der Waals surface area (Å²) >= 11 is 0. The summed E-state index contributed by atoms with van der Waals surface area (Å²) < 4.78 is 55.0. The van der Waals surface area contributed by atoms with E-state index in [-0.39, 0.29) is 17.5 Å². The van der Waals surface area contributed by atoms with Gasteiger partial charge in [0.05, 0.1) is 24.1 Å². The van der Waals surface area contributed by atoms with E-state index in [0.29, 0.717) is 61.7 Å². The van der Waals surface area contributed by atoms with Crippen LogP contribution >= 0.6 is 0 Å². The Hall–Kier alpha value is -3.67. The summed E-state index contributed by atoms with van der Waals surface area (Å²) in [5.74, 6) is -3.08. The molecule has 0 bridgehead atoms. The fourth-order valence-electron chi connectivity index (χ4n) is 5.70. The van der Waals surface area contributed by atoms with Crippen LogP contribution in [0.1, 0.15) is 62.8 Å². The molecule has 1 atom stereocenters. The molecule has 0 aliphatic carbocycles. The van der Waals surface area contributed by atoms with Crippen molar-refractivity contribution in [2.24, 2.45) is 5.92 Å². The Bertz CT molecular complexity index is 1450. The van der Waals surface area contributed by atoms with Gasteiger partial charge in [-0.2, -0.15) is 15.0 Å². The van der Waals surface area contributed by atoms with Crippen LogP contribution in [0.3, 0.4) is 0 Å². The van der Waals surface area contributed by atoms with Crippen LogP contribution in [0.5, 0.6) is 11.9 Å². The number of carbonyl (C=O) groups is 1. The smallest absolute Gasteiger partial charge is 0.320 e. The number of methoxy groups -OCH3 is 1. The molecule has 2 aliphatic heterocycles. The zero-order valence-corrected chi connectivity index (χ0v) is 25.1. The lowest BCUT2D eigenvalue weighted by atomic mass is 9.90. The summed E-state index contributed by atoms with van der Waals surface area (Å²) in [5, 5.41) is 3.80. The molecular weight excluding hydrogens is 561 g/mol. The molecule has 2 aromatic heterocycles. The summed E-state index contributed by atoms with van der Waals surface area (Å²) in [7, 11) is 1.56. The van der Waals surface area contributed by atoms with Crippen LogP contribution in [-0.4, -0.2) is 77.1 Å². The summed E-state index contributed by atoms with van der Waals surface area (Å²) in [6.07, 6.45) is 3.58. The van der Waals surface area contributed by atoms with Crippen molar-refractivity contribution in [1.82, 2.24) is 24.8 Å². The summed E-state index contributed by atoms with van der Waals surface area (Å²) in [6.45, 7) is 8.55. The van der Waals surface area contributed by atoms with Crippen LogP contribution in [0.2, 0.25) is 0 Å². The molecule has 3 aromatic rings. The molecule has 2 saturated heterocycles. The summed E-state index contributed by atoms with van der Waals surface area (Å²) in [6, 6.07) is 5.32. The van der Waals surface area contributed by atoms with Gasteiger partial charge >= 0.3 is 6.01 Å². The normalized spacial score (nSPS) is 17.0. The average Bonchev–Trinajstić information content (AvgIpc) is 2.94. The molecule has 9 nitrogen and oxygen atoms in total. The number of benzene rings is 1. The molecule has 232 valence electrons. The molecule has 1 amide bonds. The molecule has 12 heteroatoms. The van der Waals surface area contributed by atoms with Gasteiger partial charge in [-0.3, -0.25) is 9.69 Å². The number of hydrogen-bond donors (Lipinski definition) is 1. The summed E-state index contributed by atoms with van der Waals surface area (Å²) in [4.78, 5) is 29.8. The number of aromatic nitrogens is 3. The van der Waals surface area contributed by atoms with E-state index in [4.69, 9.17) is 14.5 Å². The number of halogens is 3. The minimum absolute atomic E-state index is 0.0814. The van der Waals surface area contributed by atoms with Gasteiger partial charge in [-0.25, -0.2) is 13.2 Å². The SMILES string of the molecule is COc1nc2nc(OCCN3CCC3)nc(N[C@H](C)c3cccc(C(C)(F)F)c3F)c2cc1CC1CCN(C(C)=O)CC1. The van der Waals surface area contributed by atoms with Gasteiger partial charge < -0.3 is 19.7 Å². The van der Waals surface area contributed by atoms with E-state index in [1.165, 1.54) is 18.6 Å². The van der Waals surface area contributed by atoms with E-state index in [2.05, 4.69) is 20.2 Å². The number of rotatable bonds is 11. The third kappa shape index (κ3) is 7.11. The molecule has 4 heterocycles. The van der Waals surface area contributed by atoms with E-state index in [9.17, 15) is 13.6 Å². The van der Waals surface area contributed by atoms with Gasteiger partial charge in [-0.05, 0) is 57.7 Å². The number of nitrogens with one attached hydrogen (secondary N) is 1. The number of nitrogens with zero attached hydrogens (tertiary/aromatic N) is 5. The second-order valence-corrected chi connectivity index (χ2v) is 11.5. The van der Waals surface area contributed by atoms with Crippen molar-refractivity contribution in [1.29, 1.82) is 0 Å². The maximum absolute atomic E-state index is 15.3. The van der Waals surface area contributed by atoms with Gasteiger partial charge in [-0.15, -0.1) is 0 Å². The highest BCUT2D eigenvalue weighted by Gasteiger charge is 2.30. The minimum atomic E-state index is -3.32. The average molecular weight is 601 g/mol. The maximum atomic E-state index is 15.3. The fourth-order valence-corrected chi connectivity index (χ4v) is 5.70. The molecule has 0 saturated carbocycles. The molecule has 0 spiro atoms. The number of piperidine rings is 1. The molecule has 2 fully saturated rings.